The van der Waals surface area contributed by atoms with Gasteiger partial charge in [-0.2, -0.15) is 4.31 Å². The largest absolute Gasteiger partial charge is 0.369 e. The van der Waals surface area contributed by atoms with Crippen molar-refractivity contribution in [2.24, 2.45) is 11.7 Å². The Hall–Kier alpha value is -1.93. The molecule has 0 aliphatic carbocycles. The molecule has 0 atom stereocenters. The van der Waals surface area contributed by atoms with Crippen molar-refractivity contribution >= 4 is 27.5 Å². The molecule has 7 nitrogen and oxygen atoms in total. The van der Waals surface area contributed by atoms with Gasteiger partial charge >= 0.3 is 0 Å². The van der Waals surface area contributed by atoms with E-state index in [1.165, 1.54) is 4.31 Å². The average molecular weight is 365 g/mol. The SMILES string of the molecule is CN1C(=O)C(C)(C)c2cc(S(=O)(=O)N3CCC(C(N)=O)CC3)ccc21. The summed E-state index contributed by atoms with van der Waals surface area (Å²) in [6, 6.07) is 4.83. The normalized spacial score (nSPS) is 21.4. The molecule has 1 saturated heterocycles. The minimum Gasteiger partial charge on any atom is -0.369 e. The number of carbonyl (C=O) groups excluding carboxylic acids is 2. The van der Waals surface area contributed by atoms with Gasteiger partial charge in [0.05, 0.1) is 10.3 Å². The smallest absolute Gasteiger partial charge is 0.243 e. The summed E-state index contributed by atoms with van der Waals surface area (Å²) in [4.78, 5) is 25.4. The summed E-state index contributed by atoms with van der Waals surface area (Å²) in [5, 5.41) is 0. The van der Waals surface area contributed by atoms with Crippen LogP contribution in [0.3, 0.4) is 0 Å². The molecule has 1 fully saturated rings. The number of hydrogen-bond acceptors (Lipinski definition) is 4. The van der Waals surface area contributed by atoms with Crippen LogP contribution in [-0.4, -0.2) is 44.7 Å². The standard InChI is InChI=1S/C17H23N3O4S/c1-17(2)13-10-12(4-5-14(13)19(3)16(17)22)25(23,24)20-8-6-11(7-9-20)15(18)21/h4-5,10-11H,6-9H2,1-3H3,(H2,18,21). The van der Waals surface area contributed by atoms with Gasteiger partial charge in [0.1, 0.15) is 0 Å². The number of likely N-dealkylation sites (N-methyl/N-ethyl adjacent to an activating group) is 1. The molecule has 2 amide bonds. The van der Waals surface area contributed by atoms with Crippen LogP contribution in [-0.2, 0) is 25.0 Å². The second-order valence-electron chi connectivity index (χ2n) is 7.25. The number of benzene rings is 1. The van der Waals surface area contributed by atoms with Gasteiger partial charge in [-0.15, -0.1) is 0 Å². The summed E-state index contributed by atoms with van der Waals surface area (Å²) < 4.78 is 27.3. The van der Waals surface area contributed by atoms with Gasteiger partial charge in [0.25, 0.3) is 0 Å². The summed E-state index contributed by atoms with van der Waals surface area (Å²) in [7, 11) is -1.97. The zero-order valence-corrected chi connectivity index (χ0v) is 15.5. The molecule has 2 heterocycles. The first-order valence-electron chi connectivity index (χ1n) is 8.29. The molecule has 0 aromatic heterocycles. The average Bonchev–Trinajstić information content (AvgIpc) is 2.75. The predicted molar refractivity (Wildman–Crippen MR) is 93.6 cm³/mol. The van der Waals surface area contributed by atoms with Gasteiger partial charge in [0.2, 0.25) is 21.8 Å². The van der Waals surface area contributed by atoms with E-state index in [0.29, 0.717) is 18.4 Å². The number of nitrogens with zero attached hydrogens (tertiary/aromatic N) is 2. The third-order valence-corrected chi connectivity index (χ3v) is 7.23. The van der Waals surface area contributed by atoms with Crippen LogP contribution in [0.4, 0.5) is 5.69 Å². The van der Waals surface area contributed by atoms with Crippen LogP contribution >= 0.6 is 0 Å². The van der Waals surface area contributed by atoms with Gasteiger partial charge in [0.15, 0.2) is 0 Å². The maximum absolute atomic E-state index is 12.9. The lowest BCUT2D eigenvalue weighted by molar-refractivity contribution is -0.123. The summed E-state index contributed by atoms with van der Waals surface area (Å²) in [6.45, 7) is 4.14. The van der Waals surface area contributed by atoms with Gasteiger partial charge < -0.3 is 10.6 Å². The first-order valence-corrected chi connectivity index (χ1v) is 9.73. The molecule has 2 aliphatic heterocycles. The lowest BCUT2D eigenvalue weighted by Gasteiger charge is -2.30. The monoisotopic (exact) mass is 365 g/mol. The van der Waals surface area contributed by atoms with Crippen molar-refractivity contribution in [3.63, 3.8) is 0 Å². The van der Waals surface area contributed by atoms with Gasteiger partial charge in [0, 0.05) is 31.7 Å². The molecule has 0 spiro atoms. The highest BCUT2D eigenvalue weighted by Crippen LogP contribution is 2.42. The first kappa shape index (κ1) is 17.9. The fraction of sp³-hybridized carbons (Fsp3) is 0.529. The topological polar surface area (TPSA) is 101 Å². The quantitative estimate of drug-likeness (QED) is 0.857. The molecule has 136 valence electrons. The van der Waals surface area contributed by atoms with Crippen molar-refractivity contribution in [3.05, 3.63) is 23.8 Å². The molecule has 0 unspecified atom stereocenters. The van der Waals surface area contributed by atoms with Gasteiger partial charge in [-0.05, 0) is 50.5 Å². The van der Waals surface area contributed by atoms with Gasteiger partial charge in [-0.1, -0.05) is 0 Å². The molecule has 8 heteroatoms. The van der Waals surface area contributed by atoms with E-state index in [1.54, 1.807) is 44.0 Å². The third-order valence-electron chi connectivity index (χ3n) is 5.34. The van der Waals surface area contributed by atoms with Crippen molar-refractivity contribution in [1.29, 1.82) is 0 Å². The Bertz CT molecular complexity index is 839. The van der Waals surface area contributed by atoms with Crippen LogP contribution in [0.15, 0.2) is 23.1 Å². The summed E-state index contributed by atoms with van der Waals surface area (Å²) in [5.41, 5.74) is 6.00. The van der Waals surface area contributed by atoms with Gasteiger partial charge in [-0.3, -0.25) is 9.59 Å². The molecule has 0 bridgehead atoms. The van der Waals surface area contributed by atoms with Crippen LogP contribution in [0.2, 0.25) is 0 Å². The summed E-state index contributed by atoms with van der Waals surface area (Å²) in [6.07, 6.45) is 0.873. The predicted octanol–water partition coefficient (Wildman–Crippen LogP) is 0.827. The van der Waals surface area contributed by atoms with Crippen molar-refractivity contribution in [2.45, 2.75) is 37.0 Å². The fourth-order valence-corrected chi connectivity index (χ4v) is 5.14. The van der Waals surface area contributed by atoms with Crippen LogP contribution in [0.25, 0.3) is 0 Å². The molecule has 2 N–H and O–H groups in total. The van der Waals surface area contributed by atoms with E-state index in [2.05, 4.69) is 0 Å². The molecule has 25 heavy (non-hydrogen) atoms. The Balaban J connectivity index is 1.92. The Morgan fingerprint density at radius 1 is 1.24 bits per heavy atom. The minimum absolute atomic E-state index is 0.0562. The van der Waals surface area contributed by atoms with E-state index in [9.17, 15) is 18.0 Å². The van der Waals surface area contributed by atoms with E-state index in [0.717, 1.165) is 5.69 Å². The Morgan fingerprint density at radius 2 is 1.84 bits per heavy atom. The van der Waals surface area contributed by atoms with E-state index in [-0.39, 0.29) is 35.7 Å². The molecule has 2 aliphatic rings. The van der Waals surface area contributed by atoms with E-state index >= 15 is 0 Å². The molecule has 0 saturated carbocycles. The number of amides is 2. The second kappa shape index (κ2) is 5.81. The molecule has 1 aromatic rings. The van der Waals surface area contributed by atoms with Crippen LogP contribution < -0.4 is 10.6 Å². The zero-order chi connectivity index (χ0) is 18.6. The van der Waals surface area contributed by atoms with Crippen LogP contribution in [0.1, 0.15) is 32.3 Å². The lowest BCUT2D eigenvalue weighted by Crippen LogP contribution is -2.41. The van der Waals surface area contributed by atoms with Crippen molar-refractivity contribution in [3.8, 4) is 0 Å². The molecular formula is C17H23N3O4S. The highest BCUT2D eigenvalue weighted by atomic mass is 32.2. The maximum atomic E-state index is 12.9. The van der Waals surface area contributed by atoms with Crippen molar-refractivity contribution in [1.82, 2.24) is 4.31 Å². The highest BCUT2D eigenvalue weighted by Gasteiger charge is 2.43. The number of primary amides is 1. The van der Waals surface area contributed by atoms with Gasteiger partial charge in [-0.25, -0.2) is 8.42 Å². The molecule has 1 aromatic carbocycles. The van der Waals surface area contributed by atoms with E-state index in [1.807, 2.05) is 0 Å². The van der Waals surface area contributed by atoms with Crippen molar-refractivity contribution in [2.75, 3.05) is 25.0 Å². The summed E-state index contributed by atoms with van der Waals surface area (Å²) in [5.74, 6) is -0.700. The number of carbonyl (C=O) groups is 2. The molecular weight excluding hydrogens is 342 g/mol. The number of nitrogens with two attached hydrogens (primary N) is 1. The Morgan fingerprint density at radius 3 is 2.40 bits per heavy atom. The molecule has 0 radical (unpaired) electrons. The van der Waals surface area contributed by atoms with E-state index in [4.69, 9.17) is 5.73 Å². The Kier molecular flexibility index (Phi) is 4.15. The number of rotatable bonds is 3. The van der Waals surface area contributed by atoms with Crippen molar-refractivity contribution < 1.29 is 18.0 Å². The first-order chi connectivity index (χ1) is 11.6. The minimum atomic E-state index is -3.67. The zero-order valence-electron chi connectivity index (χ0n) is 14.7. The fourth-order valence-electron chi connectivity index (χ4n) is 3.64. The maximum Gasteiger partial charge on any atom is 0.243 e. The number of anilines is 1. The lowest BCUT2D eigenvalue weighted by atomic mass is 9.86. The summed E-state index contributed by atoms with van der Waals surface area (Å²) >= 11 is 0. The van der Waals surface area contributed by atoms with Crippen LogP contribution in [0.5, 0.6) is 0 Å². The number of sulfonamides is 1. The Labute approximate surface area is 147 Å². The number of fused-ring (bicyclic) bond motifs is 1. The second-order valence-corrected chi connectivity index (χ2v) is 9.19. The number of piperidine rings is 1. The van der Waals surface area contributed by atoms with E-state index < -0.39 is 15.4 Å². The molecule has 3 rings (SSSR count). The van der Waals surface area contributed by atoms with Crippen LogP contribution in [0, 0.1) is 5.92 Å². The highest BCUT2D eigenvalue weighted by molar-refractivity contribution is 7.89. The number of hydrogen-bond donors (Lipinski definition) is 1. The third kappa shape index (κ3) is 2.73.